The highest BCUT2D eigenvalue weighted by Gasteiger charge is 2.17. The van der Waals surface area contributed by atoms with E-state index in [1.807, 2.05) is 6.92 Å². The molecule has 1 saturated heterocycles. The highest BCUT2D eigenvalue weighted by Crippen LogP contribution is 2.23. The van der Waals surface area contributed by atoms with Crippen LogP contribution in [0.25, 0.3) is 0 Å². The summed E-state index contributed by atoms with van der Waals surface area (Å²) in [6, 6.07) is 5.16. The van der Waals surface area contributed by atoms with Crippen molar-refractivity contribution in [2.45, 2.75) is 19.8 Å². The summed E-state index contributed by atoms with van der Waals surface area (Å²) >= 11 is 0. The van der Waals surface area contributed by atoms with Gasteiger partial charge in [-0.05, 0) is 43.4 Å². The van der Waals surface area contributed by atoms with Crippen LogP contribution in [0.4, 0.5) is 0 Å². The summed E-state index contributed by atoms with van der Waals surface area (Å²) in [5, 5.41) is 9.09. The monoisotopic (exact) mass is 250 g/mol. The molecule has 98 valence electrons. The van der Waals surface area contributed by atoms with Gasteiger partial charge in [-0.2, -0.15) is 0 Å². The molecule has 0 amide bonds. The number of aromatic carboxylic acids is 1. The lowest BCUT2D eigenvalue weighted by Gasteiger charge is -2.22. The molecular weight excluding hydrogens is 232 g/mol. The summed E-state index contributed by atoms with van der Waals surface area (Å²) in [7, 11) is 0. The van der Waals surface area contributed by atoms with Gasteiger partial charge in [-0.3, -0.25) is 0 Å². The number of carboxylic acids is 1. The summed E-state index contributed by atoms with van der Waals surface area (Å²) < 4.78 is 11.0. The van der Waals surface area contributed by atoms with Gasteiger partial charge in [-0.15, -0.1) is 0 Å². The number of hydrogen-bond acceptors (Lipinski definition) is 3. The number of aryl methyl sites for hydroxylation is 1. The van der Waals surface area contributed by atoms with E-state index in [2.05, 4.69) is 0 Å². The van der Waals surface area contributed by atoms with Crippen molar-refractivity contribution in [2.24, 2.45) is 5.92 Å². The fourth-order valence-corrected chi connectivity index (χ4v) is 2.05. The smallest absolute Gasteiger partial charge is 0.339 e. The van der Waals surface area contributed by atoms with E-state index < -0.39 is 5.97 Å². The Balaban J connectivity index is 2.03. The molecule has 1 aliphatic rings. The highest BCUT2D eigenvalue weighted by atomic mass is 16.5. The Kier molecular flexibility index (Phi) is 4.20. The molecule has 0 atom stereocenters. The van der Waals surface area contributed by atoms with Crippen LogP contribution in [-0.4, -0.2) is 30.9 Å². The topological polar surface area (TPSA) is 55.8 Å². The van der Waals surface area contributed by atoms with Crippen molar-refractivity contribution in [3.63, 3.8) is 0 Å². The number of rotatable bonds is 4. The molecule has 0 spiro atoms. The van der Waals surface area contributed by atoms with Gasteiger partial charge in [-0.1, -0.05) is 6.07 Å². The van der Waals surface area contributed by atoms with Crippen molar-refractivity contribution in [3.8, 4) is 5.75 Å². The Bertz CT molecular complexity index is 422. The zero-order valence-corrected chi connectivity index (χ0v) is 10.5. The molecule has 0 aromatic heterocycles. The first-order valence-corrected chi connectivity index (χ1v) is 6.21. The maximum Gasteiger partial charge on any atom is 0.339 e. The third-order valence-electron chi connectivity index (χ3n) is 3.18. The zero-order valence-electron chi connectivity index (χ0n) is 10.5. The molecule has 18 heavy (non-hydrogen) atoms. The predicted molar refractivity (Wildman–Crippen MR) is 67.2 cm³/mol. The Hall–Kier alpha value is -1.55. The molecule has 0 unspecified atom stereocenters. The third-order valence-corrected chi connectivity index (χ3v) is 3.18. The molecule has 1 aromatic carbocycles. The number of hydrogen-bond donors (Lipinski definition) is 1. The van der Waals surface area contributed by atoms with E-state index in [1.165, 1.54) is 0 Å². The average Bonchev–Trinajstić information content (AvgIpc) is 2.37. The summed E-state index contributed by atoms with van der Waals surface area (Å²) in [6.45, 7) is 4.03. The molecule has 0 aliphatic carbocycles. The lowest BCUT2D eigenvalue weighted by Crippen LogP contribution is -2.22. The number of ether oxygens (including phenoxy) is 2. The van der Waals surface area contributed by atoms with Crippen molar-refractivity contribution >= 4 is 5.97 Å². The first-order chi connectivity index (χ1) is 8.66. The van der Waals surface area contributed by atoms with Gasteiger partial charge in [0.1, 0.15) is 11.3 Å². The first kappa shape index (κ1) is 12.9. The molecule has 0 saturated carbocycles. The van der Waals surface area contributed by atoms with Crippen LogP contribution in [0, 0.1) is 12.8 Å². The van der Waals surface area contributed by atoms with Gasteiger partial charge < -0.3 is 14.6 Å². The van der Waals surface area contributed by atoms with E-state index in [0.717, 1.165) is 31.6 Å². The molecule has 1 aromatic rings. The maximum absolute atomic E-state index is 11.1. The molecular formula is C14H18O4. The second-order valence-electron chi connectivity index (χ2n) is 4.67. The standard InChI is InChI=1S/C14H18O4/c1-10-2-3-12(14(15)16)13(8-10)18-9-11-4-6-17-7-5-11/h2-3,8,11H,4-7,9H2,1H3,(H,15,16). The van der Waals surface area contributed by atoms with Crippen LogP contribution < -0.4 is 4.74 Å². The Morgan fingerprint density at radius 2 is 2.17 bits per heavy atom. The fourth-order valence-electron chi connectivity index (χ4n) is 2.05. The lowest BCUT2D eigenvalue weighted by atomic mass is 10.0. The van der Waals surface area contributed by atoms with Gasteiger partial charge in [0, 0.05) is 13.2 Å². The van der Waals surface area contributed by atoms with Gasteiger partial charge in [-0.25, -0.2) is 4.79 Å². The predicted octanol–water partition coefficient (Wildman–Crippen LogP) is 2.50. The molecule has 1 fully saturated rings. The van der Waals surface area contributed by atoms with Crippen LogP contribution >= 0.6 is 0 Å². The summed E-state index contributed by atoms with van der Waals surface area (Å²) in [6.07, 6.45) is 1.96. The maximum atomic E-state index is 11.1. The Morgan fingerprint density at radius 3 is 2.83 bits per heavy atom. The molecule has 0 radical (unpaired) electrons. The van der Waals surface area contributed by atoms with Gasteiger partial charge in [0.15, 0.2) is 0 Å². The minimum Gasteiger partial charge on any atom is -0.492 e. The SMILES string of the molecule is Cc1ccc(C(=O)O)c(OCC2CCOCC2)c1. The number of carbonyl (C=O) groups is 1. The molecule has 1 heterocycles. The normalized spacial score (nSPS) is 16.5. The second kappa shape index (κ2) is 5.87. The van der Waals surface area contributed by atoms with E-state index in [9.17, 15) is 4.79 Å². The molecule has 1 aliphatic heterocycles. The van der Waals surface area contributed by atoms with Crippen molar-refractivity contribution in [3.05, 3.63) is 29.3 Å². The van der Waals surface area contributed by atoms with Gasteiger partial charge in [0.05, 0.1) is 6.61 Å². The Morgan fingerprint density at radius 1 is 1.44 bits per heavy atom. The number of carboxylic acid groups (broad SMARTS) is 1. The molecule has 4 nitrogen and oxygen atoms in total. The van der Waals surface area contributed by atoms with Crippen molar-refractivity contribution in [2.75, 3.05) is 19.8 Å². The molecule has 4 heteroatoms. The summed E-state index contributed by atoms with van der Waals surface area (Å²) in [5.41, 5.74) is 1.23. The third kappa shape index (κ3) is 3.23. The second-order valence-corrected chi connectivity index (χ2v) is 4.67. The van der Waals surface area contributed by atoms with E-state index in [4.69, 9.17) is 14.6 Å². The van der Waals surface area contributed by atoms with Crippen LogP contribution in [0.1, 0.15) is 28.8 Å². The summed E-state index contributed by atoms with van der Waals surface area (Å²) in [5.74, 6) is -0.0214. The fraction of sp³-hybridized carbons (Fsp3) is 0.500. The largest absolute Gasteiger partial charge is 0.492 e. The van der Waals surface area contributed by atoms with Crippen LogP contribution in [0.3, 0.4) is 0 Å². The van der Waals surface area contributed by atoms with Crippen molar-refractivity contribution < 1.29 is 19.4 Å². The van der Waals surface area contributed by atoms with Gasteiger partial charge in [0.2, 0.25) is 0 Å². The quantitative estimate of drug-likeness (QED) is 0.892. The van der Waals surface area contributed by atoms with E-state index in [0.29, 0.717) is 18.3 Å². The number of benzene rings is 1. The molecule has 0 bridgehead atoms. The van der Waals surface area contributed by atoms with Crippen LogP contribution in [-0.2, 0) is 4.74 Å². The van der Waals surface area contributed by atoms with Gasteiger partial charge in [0.25, 0.3) is 0 Å². The minimum absolute atomic E-state index is 0.229. The van der Waals surface area contributed by atoms with Crippen LogP contribution in [0.15, 0.2) is 18.2 Å². The van der Waals surface area contributed by atoms with Gasteiger partial charge >= 0.3 is 5.97 Å². The molecule has 1 N–H and O–H groups in total. The highest BCUT2D eigenvalue weighted by molar-refractivity contribution is 5.90. The van der Waals surface area contributed by atoms with E-state index in [-0.39, 0.29) is 5.56 Å². The average molecular weight is 250 g/mol. The van der Waals surface area contributed by atoms with E-state index in [1.54, 1.807) is 18.2 Å². The zero-order chi connectivity index (χ0) is 13.0. The first-order valence-electron chi connectivity index (χ1n) is 6.21. The van der Waals surface area contributed by atoms with Crippen LogP contribution in [0.2, 0.25) is 0 Å². The van der Waals surface area contributed by atoms with Crippen molar-refractivity contribution in [1.82, 2.24) is 0 Å². The summed E-state index contributed by atoms with van der Waals surface area (Å²) in [4.78, 5) is 11.1. The van der Waals surface area contributed by atoms with Crippen molar-refractivity contribution in [1.29, 1.82) is 0 Å². The van der Waals surface area contributed by atoms with E-state index >= 15 is 0 Å². The lowest BCUT2D eigenvalue weighted by molar-refractivity contribution is 0.0490. The minimum atomic E-state index is -0.947. The van der Waals surface area contributed by atoms with Crippen LogP contribution in [0.5, 0.6) is 5.75 Å². The Labute approximate surface area is 107 Å². The molecule has 2 rings (SSSR count).